The van der Waals surface area contributed by atoms with Crippen LogP contribution in [0.25, 0.3) is 78.2 Å². The molecular formula is C43H29N3. The zero-order valence-corrected chi connectivity index (χ0v) is 25.1. The Morgan fingerprint density at radius 2 is 0.848 bits per heavy atom. The number of rotatable bonds is 6. The molecule has 0 aliphatic heterocycles. The molecule has 0 spiro atoms. The number of nitrogens with zero attached hydrogens (tertiary/aromatic N) is 3. The molecule has 0 saturated carbocycles. The second-order valence-electron chi connectivity index (χ2n) is 11.3. The molecule has 216 valence electrons. The van der Waals surface area contributed by atoms with Crippen LogP contribution in [-0.2, 0) is 0 Å². The first-order valence-electron chi connectivity index (χ1n) is 15.4. The van der Waals surface area contributed by atoms with Crippen molar-refractivity contribution >= 4 is 10.9 Å². The van der Waals surface area contributed by atoms with Gasteiger partial charge in [-0.2, -0.15) is 0 Å². The summed E-state index contributed by atoms with van der Waals surface area (Å²) in [6.45, 7) is 0. The Labute approximate surface area is 268 Å². The van der Waals surface area contributed by atoms with Crippen LogP contribution in [0.2, 0.25) is 0 Å². The first kappa shape index (κ1) is 27.4. The molecule has 0 radical (unpaired) electrons. The smallest absolute Gasteiger partial charge is 0.160 e. The zero-order valence-electron chi connectivity index (χ0n) is 25.1. The molecule has 6 aromatic carbocycles. The third kappa shape index (κ3) is 5.36. The first-order valence-corrected chi connectivity index (χ1v) is 15.4. The molecule has 8 aromatic rings. The summed E-state index contributed by atoms with van der Waals surface area (Å²) in [6.07, 6.45) is 1.88. The van der Waals surface area contributed by atoms with Gasteiger partial charge in [-0.1, -0.05) is 152 Å². The van der Waals surface area contributed by atoms with E-state index < -0.39 is 0 Å². The fourth-order valence-corrected chi connectivity index (χ4v) is 6.05. The largest absolute Gasteiger partial charge is 0.256 e. The Kier molecular flexibility index (Phi) is 7.18. The molecule has 0 saturated heterocycles. The van der Waals surface area contributed by atoms with E-state index in [1.807, 2.05) is 36.5 Å². The van der Waals surface area contributed by atoms with E-state index >= 15 is 0 Å². The fraction of sp³-hybridized carbons (Fsp3) is 0. The molecule has 8 rings (SSSR count). The van der Waals surface area contributed by atoms with Gasteiger partial charge < -0.3 is 0 Å². The Balaban J connectivity index is 1.16. The molecule has 0 aliphatic rings. The quantitative estimate of drug-likeness (QED) is 0.194. The van der Waals surface area contributed by atoms with E-state index in [9.17, 15) is 0 Å². The minimum Gasteiger partial charge on any atom is -0.256 e. The molecule has 0 N–H and O–H groups in total. The molecule has 0 aliphatic carbocycles. The molecule has 2 aromatic heterocycles. The van der Waals surface area contributed by atoms with Crippen molar-refractivity contribution < 1.29 is 0 Å². The van der Waals surface area contributed by atoms with Crippen LogP contribution < -0.4 is 0 Å². The van der Waals surface area contributed by atoms with E-state index in [1.165, 1.54) is 16.7 Å². The van der Waals surface area contributed by atoms with Crippen molar-refractivity contribution in [1.29, 1.82) is 0 Å². The van der Waals surface area contributed by atoms with E-state index in [4.69, 9.17) is 9.97 Å². The van der Waals surface area contributed by atoms with Gasteiger partial charge in [0, 0.05) is 28.3 Å². The van der Waals surface area contributed by atoms with Gasteiger partial charge in [-0.05, 0) is 51.6 Å². The lowest BCUT2D eigenvalue weighted by molar-refractivity contribution is 1.18. The van der Waals surface area contributed by atoms with Gasteiger partial charge in [-0.25, -0.2) is 9.97 Å². The number of benzene rings is 6. The van der Waals surface area contributed by atoms with Crippen LogP contribution in [-0.4, -0.2) is 15.0 Å². The zero-order chi connectivity index (χ0) is 30.7. The molecule has 46 heavy (non-hydrogen) atoms. The lowest BCUT2D eigenvalue weighted by atomic mass is 9.96. The minimum absolute atomic E-state index is 0.708. The highest BCUT2D eigenvalue weighted by Crippen LogP contribution is 2.35. The van der Waals surface area contributed by atoms with Gasteiger partial charge in [0.15, 0.2) is 5.82 Å². The Morgan fingerprint density at radius 3 is 1.57 bits per heavy atom. The average Bonchev–Trinajstić information content (AvgIpc) is 3.15. The number of hydrogen-bond donors (Lipinski definition) is 0. The molecule has 0 unspecified atom stereocenters. The van der Waals surface area contributed by atoms with E-state index in [0.717, 1.165) is 55.7 Å². The molecule has 0 bridgehead atoms. The first-order chi connectivity index (χ1) is 22.8. The van der Waals surface area contributed by atoms with Crippen LogP contribution in [0.15, 0.2) is 176 Å². The van der Waals surface area contributed by atoms with Crippen LogP contribution in [0.1, 0.15) is 0 Å². The van der Waals surface area contributed by atoms with E-state index in [2.05, 4.69) is 145 Å². The third-order valence-corrected chi connectivity index (χ3v) is 8.40. The summed E-state index contributed by atoms with van der Waals surface area (Å²) in [7, 11) is 0. The van der Waals surface area contributed by atoms with Gasteiger partial charge in [0.05, 0.1) is 16.9 Å². The van der Waals surface area contributed by atoms with Crippen molar-refractivity contribution in [1.82, 2.24) is 15.0 Å². The van der Waals surface area contributed by atoms with E-state index in [1.54, 1.807) is 0 Å². The number of pyridine rings is 1. The highest BCUT2D eigenvalue weighted by atomic mass is 14.9. The fourth-order valence-electron chi connectivity index (χ4n) is 6.05. The molecule has 0 fully saturated rings. The lowest BCUT2D eigenvalue weighted by Crippen LogP contribution is -1.97. The number of hydrogen-bond acceptors (Lipinski definition) is 3. The maximum Gasteiger partial charge on any atom is 0.160 e. The van der Waals surface area contributed by atoms with Crippen LogP contribution in [0.5, 0.6) is 0 Å². The molecular weight excluding hydrogens is 558 g/mol. The number of fused-ring (bicyclic) bond motifs is 1. The lowest BCUT2D eigenvalue weighted by Gasteiger charge is -2.13. The summed E-state index contributed by atoms with van der Waals surface area (Å²) in [5, 5.41) is 1.16. The predicted octanol–water partition coefficient (Wildman–Crippen LogP) is 11.0. The minimum atomic E-state index is 0.708. The highest BCUT2D eigenvalue weighted by molar-refractivity contribution is 5.94. The number of para-hydroxylation sites is 1. The van der Waals surface area contributed by atoms with E-state index in [0.29, 0.717) is 5.82 Å². The van der Waals surface area contributed by atoms with Crippen LogP contribution in [0, 0.1) is 0 Å². The predicted molar refractivity (Wildman–Crippen MR) is 190 cm³/mol. The summed E-state index contributed by atoms with van der Waals surface area (Å²) in [5.74, 6) is 0.708. The monoisotopic (exact) mass is 587 g/mol. The van der Waals surface area contributed by atoms with Gasteiger partial charge >= 0.3 is 0 Å². The molecule has 0 amide bonds. The maximum atomic E-state index is 5.09. The summed E-state index contributed by atoms with van der Waals surface area (Å²) in [5.41, 5.74) is 12.9. The average molecular weight is 588 g/mol. The van der Waals surface area contributed by atoms with Gasteiger partial charge in [0.1, 0.15) is 0 Å². The standard InChI is InChI=1S/C43H29N3/c1-3-11-32(12-4-1)36-15-7-8-17-39(36)42-29-41(45-43(46-42)35-13-5-2-6-14-35)34-25-21-31(22-26-34)30-19-23-33(24-20-30)37-27-28-44-40-18-10-9-16-38(37)40/h1-29H. The normalized spacial score (nSPS) is 11.0. The summed E-state index contributed by atoms with van der Waals surface area (Å²) in [6, 6.07) is 59.0. The summed E-state index contributed by atoms with van der Waals surface area (Å²) >= 11 is 0. The van der Waals surface area contributed by atoms with Crippen molar-refractivity contribution in [3.8, 4) is 67.3 Å². The second-order valence-corrected chi connectivity index (χ2v) is 11.3. The van der Waals surface area contributed by atoms with Crippen LogP contribution in [0.3, 0.4) is 0 Å². The second kappa shape index (κ2) is 12.1. The maximum absolute atomic E-state index is 5.09. The van der Waals surface area contributed by atoms with Crippen molar-refractivity contribution in [3.05, 3.63) is 176 Å². The van der Waals surface area contributed by atoms with E-state index in [-0.39, 0.29) is 0 Å². The van der Waals surface area contributed by atoms with Gasteiger partial charge in [0.2, 0.25) is 0 Å². The number of aromatic nitrogens is 3. The van der Waals surface area contributed by atoms with Gasteiger partial charge in [0.25, 0.3) is 0 Å². The Bertz CT molecular complexity index is 2270. The molecule has 2 heterocycles. The third-order valence-electron chi connectivity index (χ3n) is 8.40. The van der Waals surface area contributed by atoms with Crippen LogP contribution >= 0.6 is 0 Å². The summed E-state index contributed by atoms with van der Waals surface area (Å²) < 4.78 is 0. The van der Waals surface area contributed by atoms with Gasteiger partial charge in [-0.15, -0.1) is 0 Å². The van der Waals surface area contributed by atoms with Gasteiger partial charge in [-0.3, -0.25) is 4.98 Å². The molecule has 0 atom stereocenters. The Morgan fingerprint density at radius 1 is 0.326 bits per heavy atom. The van der Waals surface area contributed by atoms with Crippen molar-refractivity contribution in [2.24, 2.45) is 0 Å². The van der Waals surface area contributed by atoms with Crippen molar-refractivity contribution in [3.63, 3.8) is 0 Å². The topological polar surface area (TPSA) is 38.7 Å². The van der Waals surface area contributed by atoms with Crippen molar-refractivity contribution in [2.45, 2.75) is 0 Å². The highest BCUT2D eigenvalue weighted by Gasteiger charge is 2.14. The molecule has 3 nitrogen and oxygen atoms in total. The summed E-state index contributed by atoms with van der Waals surface area (Å²) in [4.78, 5) is 14.7. The van der Waals surface area contributed by atoms with Crippen LogP contribution in [0.4, 0.5) is 0 Å². The molecule has 3 heteroatoms. The Hall–Kier alpha value is -6.19. The van der Waals surface area contributed by atoms with Crippen molar-refractivity contribution in [2.75, 3.05) is 0 Å². The SMILES string of the molecule is c1ccc(-c2nc(-c3ccc(-c4ccc(-c5ccnc6ccccc56)cc4)cc3)cc(-c3ccccc3-c3ccccc3)n2)cc1.